The van der Waals surface area contributed by atoms with Gasteiger partial charge in [-0.25, -0.2) is 4.79 Å². The molecule has 6 nitrogen and oxygen atoms in total. The molecule has 1 fully saturated rings. The van der Waals surface area contributed by atoms with Crippen molar-refractivity contribution in [1.29, 1.82) is 0 Å². The van der Waals surface area contributed by atoms with Crippen molar-refractivity contribution in [2.75, 3.05) is 26.8 Å². The fourth-order valence-corrected chi connectivity index (χ4v) is 4.12. The molecule has 1 saturated heterocycles. The topological polar surface area (TPSA) is 59.5 Å². The Balaban J connectivity index is 1.44. The van der Waals surface area contributed by atoms with Gasteiger partial charge in [-0.05, 0) is 49.6 Å². The van der Waals surface area contributed by atoms with Crippen molar-refractivity contribution in [3.05, 3.63) is 58.5 Å². The molecule has 1 aliphatic heterocycles. The monoisotopic (exact) mass is 381 g/mol. The van der Waals surface area contributed by atoms with E-state index in [1.165, 1.54) is 5.56 Å². The Morgan fingerprint density at radius 3 is 2.64 bits per heavy atom. The number of hydrogen-bond donors (Lipinski definition) is 1. The van der Waals surface area contributed by atoms with Gasteiger partial charge in [0.1, 0.15) is 0 Å². The van der Waals surface area contributed by atoms with Gasteiger partial charge in [0.05, 0.1) is 24.8 Å². The molecule has 2 heterocycles. The quantitative estimate of drug-likeness (QED) is 0.709. The van der Waals surface area contributed by atoms with Crippen LogP contribution in [0.2, 0.25) is 0 Å². The number of rotatable bonds is 6. The van der Waals surface area contributed by atoms with Gasteiger partial charge in [-0.1, -0.05) is 18.2 Å². The van der Waals surface area contributed by atoms with Crippen LogP contribution < -0.4 is 15.2 Å². The second kappa shape index (κ2) is 8.10. The lowest BCUT2D eigenvalue weighted by molar-refractivity contribution is 0.179. The fraction of sp³-hybridized carbons (Fsp3) is 0.409. The number of likely N-dealkylation sites (tertiary alicyclic amines) is 1. The zero-order valence-electron chi connectivity index (χ0n) is 16.5. The summed E-state index contributed by atoms with van der Waals surface area (Å²) in [5, 5.41) is 0. The highest BCUT2D eigenvalue weighted by Crippen LogP contribution is 2.30. The number of piperidine rings is 1. The van der Waals surface area contributed by atoms with Gasteiger partial charge in [-0.3, -0.25) is 9.47 Å². The number of aromatic amines is 1. The van der Waals surface area contributed by atoms with Gasteiger partial charge in [0.25, 0.3) is 0 Å². The number of imidazole rings is 1. The molecule has 0 radical (unpaired) electrons. The summed E-state index contributed by atoms with van der Waals surface area (Å²) < 4.78 is 13.0. The van der Waals surface area contributed by atoms with Gasteiger partial charge < -0.3 is 14.5 Å². The first-order valence-electron chi connectivity index (χ1n) is 9.91. The summed E-state index contributed by atoms with van der Waals surface area (Å²) in [4.78, 5) is 17.8. The minimum Gasteiger partial charge on any atom is -0.493 e. The van der Waals surface area contributed by atoms with Crippen molar-refractivity contribution in [2.45, 2.75) is 32.4 Å². The normalized spacial score (nSPS) is 15.8. The summed E-state index contributed by atoms with van der Waals surface area (Å²) in [5.41, 5.74) is 3.13. The smallest absolute Gasteiger partial charge is 0.326 e. The summed E-state index contributed by atoms with van der Waals surface area (Å²) in [6.07, 6.45) is 1.94. The lowest BCUT2D eigenvalue weighted by Crippen LogP contribution is -2.36. The Bertz CT molecular complexity index is 1000. The molecule has 0 spiro atoms. The molecule has 3 aromatic rings. The zero-order valence-corrected chi connectivity index (χ0v) is 16.5. The van der Waals surface area contributed by atoms with E-state index in [9.17, 15) is 4.79 Å². The molecule has 0 aliphatic carbocycles. The standard InChI is InChI=1S/C22H27N3O3/c1-3-28-21-14-16(8-9-20(21)27-2)15-24-12-10-17(11-13-24)25-19-7-5-4-6-18(19)23-22(25)26/h4-9,14,17H,3,10-13,15H2,1-2H3,(H,23,26). The van der Waals surface area contributed by atoms with Crippen molar-refractivity contribution < 1.29 is 9.47 Å². The second-order valence-electron chi connectivity index (χ2n) is 7.24. The number of methoxy groups -OCH3 is 1. The molecule has 1 N–H and O–H groups in total. The molecule has 1 aromatic heterocycles. The van der Waals surface area contributed by atoms with Crippen molar-refractivity contribution in [3.63, 3.8) is 0 Å². The second-order valence-corrected chi connectivity index (χ2v) is 7.24. The summed E-state index contributed by atoms with van der Waals surface area (Å²) in [6, 6.07) is 14.3. The minimum absolute atomic E-state index is 0.00356. The van der Waals surface area contributed by atoms with E-state index in [4.69, 9.17) is 9.47 Å². The largest absolute Gasteiger partial charge is 0.493 e. The van der Waals surface area contributed by atoms with E-state index in [1.807, 2.05) is 41.8 Å². The number of benzene rings is 2. The van der Waals surface area contributed by atoms with Gasteiger partial charge in [0, 0.05) is 25.7 Å². The van der Waals surface area contributed by atoms with E-state index in [0.717, 1.165) is 55.0 Å². The van der Waals surface area contributed by atoms with E-state index < -0.39 is 0 Å². The van der Waals surface area contributed by atoms with Gasteiger partial charge in [-0.15, -0.1) is 0 Å². The highest BCUT2D eigenvalue weighted by Gasteiger charge is 2.23. The van der Waals surface area contributed by atoms with Crippen LogP contribution >= 0.6 is 0 Å². The predicted molar refractivity (Wildman–Crippen MR) is 110 cm³/mol. The maximum atomic E-state index is 12.4. The third kappa shape index (κ3) is 3.64. The molecule has 0 amide bonds. The third-order valence-corrected chi connectivity index (χ3v) is 5.48. The maximum Gasteiger partial charge on any atom is 0.326 e. The summed E-state index contributed by atoms with van der Waals surface area (Å²) in [6.45, 7) is 5.40. The number of aromatic nitrogens is 2. The van der Waals surface area contributed by atoms with Gasteiger partial charge in [0.2, 0.25) is 0 Å². The highest BCUT2D eigenvalue weighted by molar-refractivity contribution is 5.75. The van der Waals surface area contributed by atoms with Crippen LogP contribution in [0.1, 0.15) is 31.4 Å². The Morgan fingerprint density at radius 2 is 1.89 bits per heavy atom. The van der Waals surface area contributed by atoms with E-state index in [1.54, 1.807) is 7.11 Å². The molecule has 0 unspecified atom stereocenters. The first kappa shape index (κ1) is 18.6. The number of H-pyrrole nitrogens is 1. The van der Waals surface area contributed by atoms with Crippen LogP contribution in [0.15, 0.2) is 47.3 Å². The average Bonchev–Trinajstić information content (AvgIpc) is 3.05. The Morgan fingerprint density at radius 1 is 1.11 bits per heavy atom. The number of hydrogen-bond acceptors (Lipinski definition) is 4. The van der Waals surface area contributed by atoms with Crippen molar-refractivity contribution in [2.24, 2.45) is 0 Å². The molecule has 4 rings (SSSR count). The SMILES string of the molecule is CCOc1cc(CN2CCC(n3c(=O)[nH]c4ccccc43)CC2)ccc1OC. The van der Waals surface area contributed by atoms with Crippen LogP contribution in [-0.2, 0) is 6.54 Å². The zero-order chi connectivity index (χ0) is 19.5. The Labute approximate surface area is 164 Å². The van der Waals surface area contributed by atoms with Crippen LogP contribution in [-0.4, -0.2) is 41.3 Å². The maximum absolute atomic E-state index is 12.4. The number of nitrogens with one attached hydrogen (secondary N) is 1. The van der Waals surface area contributed by atoms with E-state index >= 15 is 0 Å². The summed E-state index contributed by atoms with van der Waals surface area (Å²) in [5.74, 6) is 1.56. The molecule has 148 valence electrons. The third-order valence-electron chi connectivity index (χ3n) is 5.48. The van der Waals surface area contributed by atoms with E-state index in [-0.39, 0.29) is 11.7 Å². The number of nitrogens with zero attached hydrogens (tertiary/aromatic N) is 2. The van der Waals surface area contributed by atoms with Crippen LogP contribution in [0.3, 0.4) is 0 Å². The molecule has 0 bridgehead atoms. The predicted octanol–water partition coefficient (Wildman–Crippen LogP) is 3.57. The van der Waals surface area contributed by atoms with Gasteiger partial charge in [-0.2, -0.15) is 0 Å². The molecule has 6 heteroatoms. The average molecular weight is 381 g/mol. The van der Waals surface area contributed by atoms with Crippen molar-refractivity contribution in [1.82, 2.24) is 14.5 Å². The van der Waals surface area contributed by atoms with Crippen LogP contribution in [0.5, 0.6) is 11.5 Å². The first-order valence-corrected chi connectivity index (χ1v) is 9.91. The number of ether oxygens (including phenoxy) is 2. The van der Waals surface area contributed by atoms with E-state index in [0.29, 0.717) is 6.61 Å². The molecular weight excluding hydrogens is 354 g/mol. The van der Waals surface area contributed by atoms with Crippen LogP contribution in [0.25, 0.3) is 11.0 Å². The molecular formula is C22H27N3O3. The number of para-hydroxylation sites is 2. The fourth-order valence-electron chi connectivity index (χ4n) is 4.12. The first-order chi connectivity index (χ1) is 13.7. The van der Waals surface area contributed by atoms with Crippen LogP contribution in [0, 0.1) is 0 Å². The van der Waals surface area contributed by atoms with Crippen molar-refractivity contribution in [3.8, 4) is 11.5 Å². The molecule has 2 aromatic carbocycles. The van der Waals surface area contributed by atoms with Gasteiger partial charge in [0.15, 0.2) is 11.5 Å². The van der Waals surface area contributed by atoms with Crippen molar-refractivity contribution >= 4 is 11.0 Å². The summed E-state index contributed by atoms with van der Waals surface area (Å²) >= 11 is 0. The highest BCUT2D eigenvalue weighted by atomic mass is 16.5. The molecule has 0 saturated carbocycles. The summed E-state index contributed by atoms with van der Waals surface area (Å²) in [7, 11) is 1.66. The molecule has 1 aliphatic rings. The Kier molecular flexibility index (Phi) is 5.39. The van der Waals surface area contributed by atoms with Crippen LogP contribution in [0.4, 0.5) is 0 Å². The minimum atomic E-state index is -0.00356. The molecule has 0 atom stereocenters. The lowest BCUT2D eigenvalue weighted by atomic mass is 10.0. The number of fused-ring (bicyclic) bond motifs is 1. The van der Waals surface area contributed by atoms with Gasteiger partial charge >= 0.3 is 5.69 Å². The Hall–Kier alpha value is -2.73. The molecule has 28 heavy (non-hydrogen) atoms. The lowest BCUT2D eigenvalue weighted by Gasteiger charge is -2.32. The van der Waals surface area contributed by atoms with E-state index in [2.05, 4.69) is 22.0 Å².